The summed E-state index contributed by atoms with van der Waals surface area (Å²) in [5.41, 5.74) is 3.47. The molecule has 2 aromatic rings. The second-order valence-corrected chi connectivity index (χ2v) is 8.98. The molecule has 2 aromatic heterocycles. The molecular formula is C23H27N5O3. The van der Waals surface area contributed by atoms with Gasteiger partial charge in [0.25, 0.3) is 11.5 Å². The van der Waals surface area contributed by atoms with Crippen molar-refractivity contribution in [2.45, 2.75) is 58.0 Å². The number of nitrogens with one attached hydrogen (secondary N) is 2. The van der Waals surface area contributed by atoms with Gasteiger partial charge < -0.3 is 15.2 Å². The summed E-state index contributed by atoms with van der Waals surface area (Å²) in [6.45, 7) is 2.72. The minimum atomic E-state index is -0.313. The standard InChI is InChI=1S/C23H27N5O3/c1-13-9-25-16(10-24-13)11-26-22(30)20-15-6-7-19(20)28(12-15)23(31)17-8-14-4-2-3-5-18(14)27-21(17)29/h8-10,15,19-20H,2-7,11-12H2,1H3,(H,26,30)(H,27,29)/t15-,19-,20+/m0/s1. The number of carbonyl (C=O) groups is 2. The molecule has 0 unspecified atom stereocenters. The van der Waals surface area contributed by atoms with Crippen LogP contribution < -0.4 is 10.9 Å². The van der Waals surface area contributed by atoms with Gasteiger partial charge in [-0.3, -0.25) is 24.4 Å². The van der Waals surface area contributed by atoms with Gasteiger partial charge in [0.05, 0.1) is 30.0 Å². The van der Waals surface area contributed by atoms with Crippen molar-refractivity contribution >= 4 is 11.8 Å². The largest absolute Gasteiger partial charge is 0.350 e. The Bertz CT molecular complexity index is 1080. The summed E-state index contributed by atoms with van der Waals surface area (Å²) < 4.78 is 0. The van der Waals surface area contributed by atoms with E-state index >= 15 is 0 Å². The van der Waals surface area contributed by atoms with Crippen LogP contribution in [-0.2, 0) is 24.2 Å². The Kier molecular flexibility index (Phi) is 5.08. The average molecular weight is 422 g/mol. The summed E-state index contributed by atoms with van der Waals surface area (Å²) in [5.74, 6) is -0.401. The lowest BCUT2D eigenvalue weighted by Crippen LogP contribution is -2.43. The summed E-state index contributed by atoms with van der Waals surface area (Å²) in [4.78, 5) is 52.0. The van der Waals surface area contributed by atoms with Crippen molar-refractivity contribution in [3.05, 3.63) is 57.0 Å². The number of aromatic amines is 1. The van der Waals surface area contributed by atoms with E-state index < -0.39 is 0 Å². The molecule has 5 rings (SSSR count). The summed E-state index contributed by atoms with van der Waals surface area (Å²) in [6, 6.07) is 1.63. The maximum absolute atomic E-state index is 13.3. The molecule has 3 heterocycles. The van der Waals surface area contributed by atoms with Gasteiger partial charge >= 0.3 is 0 Å². The fraction of sp³-hybridized carbons (Fsp3) is 0.522. The van der Waals surface area contributed by atoms with Crippen LogP contribution in [0.1, 0.15) is 58.7 Å². The predicted molar refractivity (Wildman–Crippen MR) is 113 cm³/mol. The van der Waals surface area contributed by atoms with Crippen LogP contribution in [0.25, 0.3) is 0 Å². The third kappa shape index (κ3) is 3.64. The SMILES string of the molecule is Cc1cnc(CNC(=O)[C@@H]2[C@H]3CC[C@@H]2N(C(=O)c2cc4c([nH]c2=O)CCCC4)C3)cn1. The molecule has 0 radical (unpaired) electrons. The normalized spacial score (nSPS) is 24.2. The number of carbonyl (C=O) groups excluding carboxylic acids is 2. The van der Waals surface area contributed by atoms with Crippen LogP contribution in [0.4, 0.5) is 0 Å². The van der Waals surface area contributed by atoms with Crippen LogP contribution in [0, 0.1) is 18.8 Å². The van der Waals surface area contributed by atoms with Crippen LogP contribution in [0.15, 0.2) is 23.3 Å². The minimum absolute atomic E-state index is 0.0514. The van der Waals surface area contributed by atoms with Gasteiger partial charge in [-0.25, -0.2) is 0 Å². The number of likely N-dealkylation sites (tertiary alicyclic amines) is 1. The van der Waals surface area contributed by atoms with E-state index in [-0.39, 0.29) is 40.8 Å². The smallest absolute Gasteiger partial charge is 0.261 e. The molecule has 1 aliphatic heterocycles. The van der Waals surface area contributed by atoms with Crippen molar-refractivity contribution in [2.24, 2.45) is 11.8 Å². The van der Waals surface area contributed by atoms with Crippen molar-refractivity contribution in [3.8, 4) is 0 Å². The van der Waals surface area contributed by atoms with Crippen molar-refractivity contribution < 1.29 is 9.59 Å². The third-order valence-electron chi connectivity index (χ3n) is 7.00. The Morgan fingerprint density at radius 1 is 1.19 bits per heavy atom. The lowest BCUT2D eigenvalue weighted by molar-refractivity contribution is -0.126. The second-order valence-electron chi connectivity index (χ2n) is 8.98. The first-order chi connectivity index (χ1) is 15.0. The van der Waals surface area contributed by atoms with Crippen molar-refractivity contribution in [1.82, 2.24) is 25.2 Å². The number of H-pyrrole nitrogens is 1. The van der Waals surface area contributed by atoms with Gasteiger partial charge in [0.1, 0.15) is 5.56 Å². The highest BCUT2D eigenvalue weighted by atomic mass is 16.2. The maximum Gasteiger partial charge on any atom is 0.261 e. The van der Waals surface area contributed by atoms with Gasteiger partial charge in [0.15, 0.2) is 0 Å². The molecule has 1 saturated carbocycles. The van der Waals surface area contributed by atoms with E-state index in [9.17, 15) is 14.4 Å². The lowest BCUT2D eigenvalue weighted by atomic mass is 9.94. The zero-order valence-corrected chi connectivity index (χ0v) is 17.7. The summed E-state index contributed by atoms with van der Waals surface area (Å²) >= 11 is 0. The number of amides is 2. The molecule has 8 nitrogen and oxygen atoms in total. The van der Waals surface area contributed by atoms with Crippen molar-refractivity contribution in [3.63, 3.8) is 0 Å². The van der Waals surface area contributed by atoms with Gasteiger partial charge in [0, 0.05) is 24.5 Å². The topological polar surface area (TPSA) is 108 Å². The fourth-order valence-corrected chi connectivity index (χ4v) is 5.42. The molecule has 3 aliphatic rings. The number of piperidine rings is 1. The van der Waals surface area contributed by atoms with Crippen molar-refractivity contribution in [2.75, 3.05) is 6.54 Å². The molecule has 0 aromatic carbocycles. The van der Waals surface area contributed by atoms with E-state index in [2.05, 4.69) is 20.3 Å². The highest BCUT2D eigenvalue weighted by Crippen LogP contribution is 2.43. The minimum Gasteiger partial charge on any atom is -0.350 e. The highest BCUT2D eigenvalue weighted by molar-refractivity contribution is 5.95. The van der Waals surface area contributed by atoms with Gasteiger partial charge in [0.2, 0.25) is 5.91 Å². The number of pyridine rings is 1. The Hall–Kier alpha value is -3.03. The third-order valence-corrected chi connectivity index (χ3v) is 7.00. The molecule has 2 aliphatic carbocycles. The first-order valence-corrected chi connectivity index (χ1v) is 11.1. The monoisotopic (exact) mass is 421 g/mol. The van der Waals surface area contributed by atoms with Gasteiger partial charge in [-0.15, -0.1) is 0 Å². The zero-order valence-electron chi connectivity index (χ0n) is 17.7. The number of fused-ring (bicyclic) bond motifs is 3. The molecule has 3 atom stereocenters. The van der Waals surface area contributed by atoms with Crippen LogP contribution in [0.2, 0.25) is 0 Å². The molecule has 31 heavy (non-hydrogen) atoms. The molecule has 1 saturated heterocycles. The van der Waals surface area contributed by atoms with Crippen molar-refractivity contribution in [1.29, 1.82) is 0 Å². The molecule has 8 heteroatoms. The van der Waals surface area contributed by atoms with Crippen LogP contribution in [0.3, 0.4) is 0 Å². The molecule has 0 spiro atoms. The second kappa shape index (κ2) is 7.90. The average Bonchev–Trinajstić information content (AvgIpc) is 3.36. The van der Waals surface area contributed by atoms with E-state index in [1.165, 1.54) is 0 Å². The number of hydrogen-bond acceptors (Lipinski definition) is 5. The first kappa shape index (κ1) is 19.9. The number of hydrogen-bond donors (Lipinski definition) is 2. The van der Waals surface area contributed by atoms with Gasteiger partial charge in [-0.05, 0) is 63.0 Å². The Morgan fingerprint density at radius 2 is 2.03 bits per heavy atom. The number of aromatic nitrogens is 3. The maximum atomic E-state index is 13.3. The summed E-state index contributed by atoms with van der Waals surface area (Å²) in [7, 11) is 0. The molecule has 2 fully saturated rings. The quantitative estimate of drug-likeness (QED) is 0.778. The Morgan fingerprint density at radius 3 is 2.84 bits per heavy atom. The van der Waals surface area contributed by atoms with Gasteiger partial charge in [-0.1, -0.05) is 0 Å². The van der Waals surface area contributed by atoms with E-state index in [1.54, 1.807) is 23.4 Å². The number of nitrogens with zero attached hydrogens (tertiary/aromatic N) is 3. The number of aryl methyl sites for hydroxylation is 3. The summed E-state index contributed by atoms with van der Waals surface area (Å²) in [5, 5.41) is 2.97. The van der Waals surface area contributed by atoms with E-state index in [4.69, 9.17) is 0 Å². The molecular weight excluding hydrogens is 394 g/mol. The van der Waals surface area contributed by atoms with Crippen LogP contribution >= 0.6 is 0 Å². The zero-order chi connectivity index (χ0) is 21.5. The Balaban J connectivity index is 1.30. The number of rotatable bonds is 4. The fourth-order valence-electron chi connectivity index (χ4n) is 5.42. The lowest BCUT2D eigenvalue weighted by Gasteiger charge is -2.27. The van der Waals surface area contributed by atoms with Crippen LogP contribution in [0.5, 0.6) is 0 Å². The molecule has 2 bridgehead atoms. The van der Waals surface area contributed by atoms with Crippen LogP contribution in [-0.4, -0.2) is 44.3 Å². The molecule has 162 valence electrons. The predicted octanol–water partition coefficient (Wildman–Crippen LogP) is 1.52. The molecule has 2 N–H and O–H groups in total. The van der Waals surface area contributed by atoms with E-state index in [1.807, 2.05) is 6.92 Å². The van der Waals surface area contributed by atoms with E-state index in [0.717, 1.165) is 55.5 Å². The summed E-state index contributed by atoms with van der Waals surface area (Å²) in [6.07, 6.45) is 8.96. The Labute approximate surface area is 180 Å². The first-order valence-electron chi connectivity index (χ1n) is 11.1. The van der Waals surface area contributed by atoms with Gasteiger partial charge in [-0.2, -0.15) is 0 Å². The van der Waals surface area contributed by atoms with E-state index in [0.29, 0.717) is 18.8 Å². The highest BCUT2D eigenvalue weighted by Gasteiger charge is 2.52. The molecule has 2 amide bonds.